The summed E-state index contributed by atoms with van der Waals surface area (Å²) in [5.74, 6) is 0.885. The van der Waals surface area contributed by atoms with E-state index in [1.165, 1.54) is 57.8 Å². The smallest absolute Gasteiger partial charge is 0.0323 e. The summed E-state index contributed by atoms with van der Waals surface area (Å²) in [6.07, 6.45) is 14.8. The van der Waals surface area contributed by atoms with E-state index in [0.717, 1.165) is 5.92 Å². The Morgan fingerprint density at radius 3 is 2.31 bits per heavy atom. The van der Waals surface area contributed by atoms with E-state index in [-0.39, 0.29) is 0 Å². The van der Waals surface area contributed by atoms with E-state index < -0.39 is 0 Å². The van der Waals surface area contributed by atoms with Crippen LogP contribution in [0.25, 0.3) is 0 Å². The minimum absolute atomic E-state index is 0.885. The normalized spacial score (nSPS) is 12.4. The van der Waals surface area contributed by atoms with Crippen LogP contribution in [0.3, 0.4) is 0 Å². The summed E-state index contributed by atoms with van der Waals surface area (Å²) in [5, 5.41) is 0. The summed E-state index contributed by atoms with van der Waals surface area (Å²) in [5.41, 5.74) is 1.61. The summed E-state index contributed by atoms with van der Waals surface area (Å²) >= 11 is 0. The molecule has 0 aliphatic heterocycles. The van der Waals surface area contributed by atoms with Gasteiger partial charge in [-0.15, -0.1) is 0 Å². The van der Waals surface area contributed by atoms with Crippen LogP contribution in [0.2, 0.25) is 0 Å². The summed E-state index contributed by atoms with van der Waals surface area (Å²) in [4.78, 5) is 0. The molecule has 0 aliphatic rings. The standard InChI is InChI=1S/C16H32/c1-5-6-9-13-16(4)14-11-8-7-10-12-15(2)3/h13,15H,5-12,14H2,1-4H3. The Kier molecular flexibility index (Phi) is 11.0. The van der Waals surface area contributed by atoms with Crippen molar-refractivity contribution in [3.8, 4) is 0 Å². The maximum absolute atomic E-state index is 2.44. The Balaban J connectivity index is 3.27. The molecular formula is C16H32. The quantitative estimate of drug-likeness (QED) is 0.310. The van der Waals surface area contributed by atoms with Crippen molar-refractivity contribution >= 4 is 0 Å². The Labute approximate surface area is 104 Å². The third-order valence-corrected chi connectivity index (χ3v) is 3.15. The van der Waals surface area contributed by atoms with Crippen molar-refractivity contribution in [1.82, 2.24) is 0 Å². The topological polar surface area (TPSA) is 0 Å². The van der Waals surface area contributed by atoms with Crippen molar-refractivity contribution in [3.63, 3.8) is 0 Å². The molecule has 0 nitrogen and oxygen atoms in total. The van der Waals surface area contributed by atoms with E-state index in [1.54, 1.807) is 5.57 Å². The fourth-order valence-corrected chi connectivity index (χ4v) is 1.96. The molecule has 0 heterocycles. The maximum Gasteiger partial charge on any atom is -0.0323 e. The Hall–Kier alpha value is -0.260. The molecule has 0 aromatic heterocycles. The van der Waals surface area contributed by atoms with Gasteiger partial charge in [0.25, 0.3) is 0 Å². The molecule has 0 amide bonds. The van der Waals surface area contributed by atoms with Gasteiger partial charge in [-0.1, -0.05) is 70.9 Å². The fraction of sp³-hybridized carbons (Fsp3) is 0.875. The predicted molar refractivity (Wildman–Crippen MR) is 75.8 cm³/mol. The SMILES string of the molecule is CCCCC=C(C)CCCCCCC(C)C. The van der Waals surface area contributed by atoms with Crippen molar-refractivity contribution in [2.24, 2.45) is 5.92 Å². The van der Waals surface area contributed by atoms with Gasteiger partial charge in [-0.05, 0) is 32.1 Å². The number of unbranched alkanes of at least 4 members (excludes halogenated alkanes) is 5. The van der Waals surface area contributed by atoms with Crippen molar-refractivity contribution in [2.75, 3.05) is 0 Å². The van der Waals surface area contributed by atoms with E-state index in [1.807, 2.05) is 0 Å². The summed E-state index contributed by atoms with van der Waals surface area (Å²) in [6, 6.07) is 0. The lowest BCUT2D eigenvalue weighted by Crippen LogP contribution is -1.87. The first kappa shape index (κ1) is 15.7. The van der Waals surface area contributed by atoms with Crippen LogP contribution in [0, 0.1) is 5.92 Å². The van der Waals surface area contributed by atoms with Crippen LogP contribution in [0.15, 0.2) is 11.6 Å². The average Bonchev–Trinajstić information content (AvgIpc) is 2.23. The highest BCUT2D eigenvalue weighted by Crippen LogP contribution is 2.13. The zero-order valence-corrected chi connectivity index (χ0v) is 12.0. The number of allylic oxidation sites excluding steroid dienone is 2. The van der Waals surface area contributed by atoms with Crippen LogP contribution < -0.4 is 0 Å². The van der Waals surface area contributed by atoms with Crippen molar-refractivity contribution < 1.29 is 0 Å². The van der Waals surface area contributed by atoms with Gasteiger partial charge in [0.2, 0.25) is 0 Å². The Morgan fingerprint density at radius 1 is 1.00 bits per heavy atom. The van der Waals surface area contributed by atoms with E-state index in [0.29, 0.717) is 0 Å². The lowest BCUT2D eigenvalue weighted by Gasteiger charge is -2.04. The zero-order chi connectivity index (χ0) is 12.2. The largest absolute Gasteiger partial charge is 0.0856 e. The summed E-state index contributed by atoms with van der Waals surface area (Å²) in [6.45, 7) is 9.20. The first-order valence-electron chi connectivity index (χ1n) is 7.32. The van der Waals surface area contributed by atoms with Crippen LogP contribution in [-0.4, -0.2) is 0 Å². The van der Waals surface area contributed by atoms with Gasteiger partial charge >= 0.3 is 0 Å². The molecule has 16 heavy (non-hydrogen) atoms. The Morgan fingerprint density at radius 2 is 1.69 bits per heavy atom. The summed E-state index contributed by atoms with van der Waals surface area (Å²) in [7, 11) is 0. The molecule has 0 radical (unpaired) electrons. The van der Waals surface area contributed by atoms with Crippen LogP contribution >= 0.6 is 0 Å². The highest BCUT2D eigenvalue weighted by atomic mass is 14.0. The third-order valence-electron chi connectivity index (χ3n) is 3.15. The number of hydrogen-bond acceptors (Lipinski definition) is 0. The van der Waals surface area contributed by atoms with Crippen LogP contribution in [0.1, 0.15) is 85.5 Å². The van der Waals surface area contributed by atoms with Gasteiger partial charge in [-0.25, -0.2) is 0 Å². The van der Waals surface area contributed by atoms with E-state index >= 15 is 0 Å². The molecule has 0 saturated carbocycles. The molecule has 0 bridgehead atoms. The summed E-state index contributed by atoms with van der Waals surface area (Å²) < 4.78 is 0. The average molecular weight is 224 g/mol. The van der Waals surface area contributed by atoms with Crippen LogP contribution in [-0.2, 0) is 0 Å². The van der Waals surface area contributed by atoms with Crippen molar-refractivity contribution in [1.29, 1.82) is 0 Å². The molecule has 0 unspecified atom stereocenters. The first-order valence-corrected chi connectivity index (χ1v) is 7.32. The van der Waals surface area contributed by atoms with Gasteiger partial charge in [0.1, 0.15) is 0 Å². The number of hydrogen-bond donors (Lipinski definition) is 0. The molecule has 0 rings (SSSR count). The van der Waals surface area contributed by atoms with Gasteiger partial charge in [0, 0.05) is 0 Å². The van der Waals surface area contributed by atoms with Crippen molar-refractivity contribution in [2.45, 2.75) is 85.5 Å². The molecule has 96 valence electrons. The first-order chi connectivity index (χ1) is 7.66. The lowest BCUT2D eigenvalue weighted by molar-refractivity contribution is 0.519. The minimum atomic E-state index is 0.885. The lowest BCUT2D eigenvalue weighted by atomic mass is 10.0. The van der Waals surface area contributed by atoms with Gasteiger partial charge in [0.15, 0.2) is 0 Å². The number of rotatable bonds is 10. The maximum atomic E-state index is 2.44. The second-order valence-corrected chi connectivity index (χ2v) is 5.54. The highest BCUT2D eigenvalue weighted by molar-refractivity contribution is 4.97. The van der Waals surface area contributed by atoms with E-state index in [9.17, 15) is 0 Å². The molecule has 0 spiro atoms. The molecule has 0 saturated heterocycles. The van der Waals surface area contributed by atoms with Gasteiger partial charge in [-0.2, -0.15) is 0 Å². The predicted octanol–water partition coefficient (Wildman–Crippen LogP) is 6.12. The van der Waals surface area contributed by atoms with Gasteiger partial charge in [0.05, 0.1) is 0 Å². The van der Waals surface area contributed by atoms with Crippen molar-refractivity contribution in [3.05, 3.63) is 11.6 Å². The zero-order valence-electron chi connectivity index (χ0n) is 12.0. The second kappa shape index (κ2) is 11.2. The van der Waals surface area contributed by atoms with Gasteiger partial charge in [-0.3, -0.25) is 0 Å². The highest BCUT2D eigenvalue weighted by Gasteiger charge is 1.95. The molecule has 0 atom stereocenters. The van der Waals surface area contributed by atoms with E-state index in [4.69, 9.17) is 0 Å². The Bertz CT molecular complexity index is 165. The van der Waals surface area contributed by atoms with Crippen LogP contribution in [0.5, 0.6) is 0 Å². The van der Waals surface area contributed by atoms with E-state index in [2.05, 4.69) is 33.8 Å². The molecule has 0 aromatic carbocycles. The van der Waals surface area contributed by atoms with Gasteiger partial charge < -0.3 is 0 Å². The molecule has 0 N–H and O–H groups in total. The molecular weight excluding hydrogens is 192 g/mol. The van der Waals surface area contributed by atoms with Crippen LogP contribution in [0.4, 0.5) is 0 Å². The minimum Gasteiger partial charge on any atom is -0.0856 e. The fourth-order valence-electron chi connectivity index (χ4n) is 1.96. The molecule has 0 aromatic rings. The molecule has 0 heteroatoms. The molecule has 0 fully saturated rings. The third kappa shape index (κ3) is 11.8. The molecule has 0 aliphatic carbocycles. The second-order valence-electron chi connectivity index (χ2n) is 5.54. The monoisotopic (exact) mass is 224 g/mol.